The van der Waals surface area contributed by atoms with Crippen LogP contribution in [0.15, 0.2) is 131 Å². The minimum atomic E-state index is 0. The topological polar surface area (TPSA) is 77.8 Å². The molecule has 0 saturated heterocycles. The number of hydrogen-bond acceptors (Lipinski definition) is 6. The van der Waals surface area contributed by atoms with Gasteiger partial charge in [0.2, 0.25) is 0 Å². The molecule has 0 unspecified atom stereocenters. The molecule has 0 radical (unpaired) electrons. The Kier molecular flexibility index (Phi) is 11.6. The van der Waals surface area contributed by atoms with E-state index in [4.69, 9.17) is 21.7 Å². The number of benzene rings is 4. The summed E-state index contributed by atoms with van der Waals surface area (Å²) >= 11 is 0. The maximum atomic E-state index is 7.10. The van der Waals surface area contributed by atoms with Crippen LogP contribution in [0.3, 0.4) is 0 Å². The molecule has 6 nitrogen and oxygen atoms in total. The van der Waals surface area contributed by atoms with Gasteiger partial charge in [0.25, 0.3) is 0 Å². The Morgan fingerprint density at radius 2 is 0.933 bits per heavy atom. The number of fused-ring (bicyclic) bond motifs is 6. The summed E-state index contributed by atoms with van der Waals surface area (Å²) in [5, 5.41) is 4.33. The predicted molar refractivity (Wildman–Crippen MR) is 167 cm³/mol. The van der Waals surface area contributed by atoms with Gasteiger partial charge in [0.15, 0.2) is 0 Å². The van der Waals surface area contributed by atoms with Crippen LogP contribution in [0.2, 0.25) is 0 Å². The molecule has 8 aromatic rings. The molecule has 4 heterocycles. The summed E-state index contributed by atoms with van der Waals surface area (Å²) in [6.45, 7) is 0. The van der Waals surface area contributed by atoms with Crippen LogP contribution < -0.4 is 0 Å². The molecule has 0 saturated carbocycles. The molecule has 0 aliphatic carbocycles. The first-order valence-corrected chi connectivity index (χ1v) is 13.4. The number of nitrogens with zero attached hydrogens (tertiary/aromatic N) is 4. The van der Waals surface area contributed by atoms with Crippen molar-refractivity contribution in [2.45, 2.75) is 6.42 Å². The van der Waals surface area contributed by atoms with Crippen LogP contribution in [0.1, 0.15) is 22.3 Å². The van der Waals surface area contributed by atoms with Crippen LogP contribution in [-0.4, -0.2) is 19.9 Å². The van der Waals surface area contributed by atoms with Crippen LogP contribution in [0.4, 0.5) is 0 Å². The van der Waals surface area contributed by atoms with E-state index in [1.807, 2.05) is 84.9 Å². The van der Waals surface area contributed by atoms with Crippen LogP contribution in [0, 0.1) is 24.7 Å². The van der Waals surface area contributed by atoms with Crippen molar-refractivity contribution < 1.29 is 53.6 Å². The molecule has 45 heavy (non-hydrogen) atoms. The Morgan fingerprint density at radius 1 is 0.489 bits per heavy atom. The number of aromatic nitrogens is 4. The zero-order chi connectivity index (χ0) is 29.4. The minimum Gasteiger partial charge on any atom is -0.458 e. The third-order valence-corrected chi connectivity index (χ3v) is 6.68. The van der Waals surface area contributed by atoms with Gasteiger partial charge in [-0.05, 0) is 29.3 Å². The summed E-state index contributed by atoms with van der Waals surface area (Å²) < 4.78 is 11.3. The average Bonchev–Trinajstić information content (AvgIpc) is 3.63. The number of para-hydroxylation sites is 2. The molecule has 8 rings (SSSR count). The van der Waals surface area contributed by atoms with Gasteiger partial charge in [-0.1, -0.05) is 48.5 Å². The van der Waals surface area contributed by atoms with E-state index in [9.17, 15) is 0 Å². The zero-order valence-electron chi connectivity index (χ0n) is 23.5. The molecular weight excluding hydrogens is 926 g/mol. The third-order valence-electron chi connectivity index (χ3n) is 6.68. The van der Waals surface area contributed by atoms with Crippen molar-refractivity contribution in [3.05, 3.63) is 157 Å². The molecule has 4 aromatic heterocycles. The zero-order valence-corrected chi connectivity index (χ0v) is 27.8. The molecule has 0 aliphatic rings. The molecule has 0 bridgehead atoms. The monoisotopic (exact) mass is 948 g/mol. The van der Waals surface area contributed by atoms with Gasteiger partial charge in [0.1, 0.15) is 35.0 Å². The molecule has 8 heteroatoms. The summed E-state index contributed by atoms with van der Waals surface area (Å²) in [7, 11) is 0. The van der Waals surface area contributed by atoms with E-state index < -0.39 is 0 Å². The van der Waals surface area contributed by atoms with Crippen molar-refractivity contribution in [3.63, 3.8) is 0 Å². The van der Waals surface area contributed by atoms with Gasteiger partial charge >= 0.3 is 44.8 Å². The van der Waals surface area contributed by atoms with E-state index >= 15 is 0 Å². The van der Waals surface area contributed by atoms with Crippen molar-refractivity contribution in [2.75, 3.05) is 0 Å². The Labute approximate surface area is 291 Å². The maximum Gasteiger partial charge on any atom is 1.00 e. The fraction of sp³-hybridized carbons (Fsp3) is 0.0270. The number of rotatable bonds is 2. The van der Waals surface area contributed by atoms with Gasteiger partial charge < -0.3 is 21.7 Å². The standard InChI is InChI=1S/2C14H7O.C9H8N4.2Au/c1-2-10-7-8-14-12(9-10)11-5-3-4-6-13(11)15-14;1-2-10-7-8-12-11-5-3-4-6-13(11)15-14(12)9-10;1(8-2-10-6-11-3-8)9-4-12-7-13-5-9;;/h2*3-9H;2-7H,1H2;;/q2*-1;;2*+1. The van der Waals surface area contributed by atoms with Crippen molar-refractivity contribution in [2.24, 2.45) is 0 Å². The van der Waals surface area contributed by atoms with Gasteiger partial charge in [-0.3, -0.25) is 11.8 Å². The van der Waals surface area contributed by atoms with Crippen molar-refractivity contribution in [1.82, 2.24) is 19.9 Å². The number of furan rings is 2. The smallest absolute Gasteiger partial charge is 0.458 e. The SMILES string of the molecule is [Au+].[Au+].[C-]#Cc1ccc2c(c1)oc1ccccc12.[C-]#Cc1ccc2oc3ccccc3c2c1.c1ncc(Cc2cncnc2)cn1. The minimum absolute atomic E-state index is 0. The van der Waals surface area contributed by atoms with Crippen LogP contribution >= 0.6 is 0 Å². The first-order valence-electron chi connectivity index (χ1n) is 13.4. The molecular formula is C37H22Au2N4O2. The van der Waals surface area contributed by atoms with E-state index in [1.165, 1.54) is 12.7 Å². The third kappa shape index (κ3) is 7.85. The molecule has 0 aliphatic heterocycles. The normalized spacial score (nSPS) is 9.91. The van der Waals surface area contributed by atoms with Gasteiger partial charge in [0.05, 0.1) is 0 Å². The van der Waals surface area contributed by atoms with Gasteiger partial charge in [0, 0.05) is 52.8 Å². The maximum absolute atomic E-state index is 7.10. The van der Waals surface area contributed by atoms with E-state index in [0.717, 1.165) is 72.6 Å². The van der Waals surface area contributed by atoms with Crippen molar-refractivity contribution in [3.8, 4) is 11.8 Å². The summed E-state index contributed by atoms with van der Waals surface area (Å²) in [4.78, 5) is 15.7. The largest absolute Gasteiger partial charge is 1.00 e. The first-order chi connectivity index (χ1) is 21.2. The molecule has 224 valence electrons. The fourth-order valence-corrected chi connectivity index (χ4v) is 4.69. The van der Waals surface area contributed by atoms with Crippen LogP contribution in [0.5, 0.6) is 0 Å². The molecule has 0 amide bonds. The second kappa shape index (κ2) is 15.8. The Hall–Kier alpha value is -4.76. The Balaban J connectivity index is 0.000000151. The van der Waals surface area contributed by atoms with Gasteiger partial charge in [-0.15, -0.1) is 29.3 Å². The quantitative estimate of drug-likeness (QED) is 0.0998. The second-order valence-corrected chi connectivity index (χ2v) is 9.54. The van der Waals surface area contributed by atoms with Gasteiger partial charge in [-0.25, -0.2) is 19.9 Å². The van der Waals surface area contributed by atoms with E-state index in [0.29, 0.717) is 0 Å². The Morgan fingerprint density at radius 3 is 1.51 bits per heavy atom. The second-order valence-electron chi connectivity index (χ2n) is 9.54. The Bertz CT molecular complexity index is 2210. The van der Waals surface area contributed by atoms with Gasteiger partial charge in [-0.2, -0.15) is 0 Å². The molecule has 0 atom stereocenters. The summed E-state index contributed by atoms with van der Waals surface area (Å²) in [5.74, 6) is 4.74. The molecule has 4 aromatic carbocycles. The molecule has 0 N–H and O–H groups in total. The van der Waals surface area contributed by atoms with E-state index in [1.54, 1.807) is 24.8 Å². The van der Waals surface area contributed by atoms with Crippen LogP contribution in [-0.2, 0) is 51.2 Å². The van der Waals surface area contributed by atoms with E-state index in [2.05, 4.69) is 31.8 Å². The first kappa shape index (κ1) is 33.1. The number of hydrogen-bond donors (Lipinski definition) is 0. The molecule has 0 spiro atoms. The van der Waals surface area contributed by atoms with Crippen molar-refractivity contribution in [1.29, 1.82) is 0 Å². The summed E-state index contributed by atoms with van der Waals surface area (Å²) in [5.41, 5.74) is 7.08. The predicted octanol–water partition coefficient (Wildman–Crippen LogP) is 7.90. The summed E-state index contributed by atoms with van der Waals surface area (Å²) in [6, 6.07) is 27.2. The van der Waals surface area contributed by atoms with Crippen molar-refractivity contribution >= 4 is 43.9 Å². The fourth-order valence-electron chi connectivity index (χ4n) is 4.69. The molecule has 0 fully saturated rings. The average molecular weight is 949 g/mol. The van der Waals surface area contributed by atoms with Crippen LogP contribution in [0.25, 0.3) is 43.9 Å². The van der Waals surface area contributed by atoms with E-state index in [-0.39, 0.29) is 44.8 Å². The summed E-state index contributed by atoms with van der Waals surface area (Å²) in [6.07, 6.45) is 25.1.